The number of rotatable bonds is 4. The molecule has 1 rings (SSSR count). The Balaban J connectivity index is 0.00000289. The molecule has 0 atom stereocenters. The van der Waals surface area contributed by atoms with E-state index >= 15 is 0 Å². The van der Waals surface area contributed by atoms with Gasteiger partial charge in [-0.1, -0.05) is 6.07 Å². The van der Waals surface area contributed by atoms with E-state index in [1.54, 1.807) is 18.2 Å². The minimum absolute atomic E-state index is 0. The van der Waals surface area contributed by atoms with Crippen LogP contribution in [-0.2, 0) is 0 Å². The van der Waals surface area contributed by atoms with Crippen molar-refractivity contribution in [2.75, 3.05) is 13.1 Å². The quantitative estimate of drug-likeness (QED) is 0.882. The van der Waals surface area contributed by atoms with E-state index < -0.39 is 24.9 Å². The number of carbonyl (C=O) groups is 1. The van der Waals surface area contributed by atoms with Gasteiger partial charge in [0.05, 0.1) is 18.7 Å². The molecule has 102 valence electrons. The van der Waals surface area contributed by atoms with Gasteiger partial charge in [0.25, 0.3) is 11.8 Å². The Hall–Kier alpha value is -0.720. The number of halogens is 4. The molecule has 0 saturated carbocycles. The summed E-state index contributed by atoms with van der Waals surface area (Å²) in [5.74, 6) is -3.63. The highest BCUT2D eigenvalue weighted by Crippen LogP contribution is 2.18. The highest BCUT2D eigenvalue weighted by molar-refractivity contribution is 9.10. The molecule has 3 nitrogen and oxygen atoms in total. The predicted molar refractivity (Wildman–Crippen MR) is 72.5 cm³/mol. The summed E-state index contributed by atoms with van der Waals surface area (Å²) in [4.78, 5) is 11.6. The Morgan fingerprint density at radius 2 is 2.11 bits per heavy atom. The summed E-state index contributed by atoms with van der Waals surface area (Å²) in [5.41, 5.74) is 6.17. The summed E-state index contributed by atoms with van der Waals surface area (Å²) >= 11 is 3.21. The number of nitrogens with two attached hydrogens (primary N) is 1. The van der Waals surface area contributed by atoms with E-state index in [-0.39, 0.29) is 12.4 Å². The van der Waals surface area contributed by atoms with Crippen molar-refractivity contribution in [3.8, 4) is 0 Å². The van der Waals surface area contributed by atoms with E-state index in [0.29, 0.717) is 10.0 Å². The third-order valence-corrected chi connectivity index (χ3v) is 2.83. The van der Waals surface area contributed by atoms with Crippen molar-refractivity contribution in [3.63, 3.8) is 0 Å². The van der Waals surface area contributed by atoms with Gasteiger partial charge >= 0.3 is 0 Å². The van der Waals surface area contributed by atoms with E-state index in [4.69, 9.17) is 5.73 Å². The van der Waals surface area contributed by atoms with Gasteiger partial charge in [0.1, 0.15) is 0 Å². The minimum atomic E-state index is -3.08. The highest BCUT2D eigenvalue weighted by atomic mass is 79.9. The number of benzene rings is 1. The van der Waals surface area contributed by atoms with Crippen LogP contribution in [0.3, 0.4) is 0 Å². The molecule has 7 heteroatoms. The van der Waals surface area contributed by atoms with Gasteiger partial charge in [0.2, 0.25) is 0 Å². The summed E-state index contributed by atoms with van der Waals surface area (Å²) in [5, 5.41) is 2.15. The van der Waals surface area contributed by atoms with E-state index in [0.717, 1.165) is 5.56 Å². The zero-order chi connectivity index (χ0) is 13.1. The van der Waals surface area contributed by atoms with Gasteiger partial charge in [-0.2, -0.15) is 0 Å². The number of hydrogen-bond donors (Lipinski definition) is 2. The first kappa shape index (κ1) is 17.3. The molecule has 18 heavy (non-hydrogen) atoms. The Kier molecular flexibility index (Phi) is 6.73. The van der Waals surface area contributed by atoms with Crippen molar-refractivity contribution in [1.29, 1.82) is 0 Å². The van der Waals surface area contributed by atoms with Crippen LogP contribution in [-0.4, -0.2) is 24.9 Å². The monoisotopic (exact) mass is 342 g/mol. The topological polar surface area (TPSA) is 55.1 Å². The average molecular weight is 344 g/mol. The minimum Gasteiger partial charge on any atom is -0.346 e. The van der Waals surface area contributed by atoms with Gasteiger partial charge in [-0.15, -0.1) is 12.4 Å². The lowest BCUT2D eigenvalue weighted by Crippen LogP contribution is -2.41. The molecule has 0 aliphatic carbocycles. The van der Waals surface area contributed by atoms with E-state index in [1.807, 2.05) is 6.92 Å². The highest BCUT2D eigenvalue weighted by Gasteiger charge is 2.27. The molecule has 0 bridgehead atoms. The zero-order valence-electron chi connectivity index (χ0n) is 9.67. The average Bonchev–Trinajstić information content (AvgIpc) is 2.26. The number of alkyl halides is 2. The number of amides is 1. The van der Waals surface area contributed by atoms with Crippen LogP contribution >= 0.6 is 28.3 Å². The van der Waals surface area contributed by atoms with E-state index in [1.165, 1.54) is 0 Å². The molecule has 1 aromatic carbocycles. The van der Waals surface area contributed by atoms with Gasteiger partial charge in [-0.25, -0.2) is 8.78 Å². The van der Waals surface area contributed by atoms with Gasteiger partial charge in [0, 0.05) is 4.47 Å². The van der Waals surface area contributed by atoms with Crippen LogP contribution in [0.5, 0.6) is 0 Å². The molecule has 0 heterocycles. The smallest absolute Gasteiger partial charge is 0.277 e. The van der Waals surface area contributed by atoms with E-state index in [9.17, 15) is 13.6 Å². The van der Waals surface area contributed by atoms with Crippen LogP contribution in [0.4, 0.5) is 8.78 Å². The SMILES string of the molecule is Cc1ccc(C(=O)NCC(F)(F)CN)c(Br)c1.Cl. The molecule has 1 amide bonds. The van der Waals surface area contributed by atoms with Crippen LogP contribution in [0.2, 0.25) is 0 Å². The maximum absolute atomic E-state index is 12.8. The van der Waals surface area contributed by atoms with Crippen LogP contribution in [0.1, 0.15) is 15.9 Å². The first-order valence-corrected chi connectivity index (χ1v) is 5.77. The van der Waals surface area contributed by atoms with Gasteiger partial charge in [-0.3, -0.25) is 4.79 Å². The second kappa shape index (κ2) is 7.01. The summed E-state index contributed by atoms with van der Waals surface area (Å²) < 4.78 is 26.3. The number of hydrogen-bond acceptors (Lipinski definition) is 2. The lowest BCUT2D eigenvalue weighted by Gasteiger charge is -2.15. The Labute approximate surface area is 119 Å². The molecular weight excluding hydrogens is 329 g/mol. The molecule has 0 aromatic heterocycles. The molecule has 0 spiro atoms. The maximum Gasteiger partial charge on any atom is 0.277 e. The molecule has 0 aliphatic heterocycles. The second-order valence-corrected chi connectivity index (χ2v) is 4.58. The van der Waals surface area contributed by atoms with Crippen LogP contribution in [0.25, 0.3) is 0 Å². The fraction of sp³-hybridized carbons (Fsp3) is 0.364. The van der Waals surface area contributed by atoms with Crippen LogP contribution < -0.4 is 11.1 Å². The molecule has 0 saturated heterocycles. The fourth-order valence-electron chi connectivity index (χ4n) is 1.18. The summed E-state index contributed by atoms with van der Waals surface area (Å²) in [6.45, 7) is 0.319. The third kappa shape index (κ3) is 4.88. The largest absolute Gasteiger partial charge is 0.346 e. The van der Waals surface area contributed by atoms with Crippen LogP contribution in [0, 0.1) is 6.92 Å². The normalized spacial score (nSPS) is 10.7. The Morgan fingerprint density at radius 1 is 1.50 bits per heavy atom. The molecule has 0 aliphatic rings. The standard InChI is InChI=1S/C11H13BrF2N2O.ClH/c1-7-2-3-8(9(12)4-7)10(17)16-6-11(13,14)5-15;/h2-4H,5-6,15H2,1H3,(H,16,17);1H. The molecule has 0 unspecified atom stereocenters. The first-order chi connectivity index (χ1) is 7.85. The third-order valence-electron chi connectivity index (χ3n) is 2.18. The predicted octanol–water partition coefficient (Wildman–Crippen LogP) is 2.50. The molecular formula is C11H14BrClF2N2O. The van der Waals surface area contributed by atoms with E-state index in [2.05, 4.69) is 21.2 Å². The van der Waals surface area contributed by atoms with Crippen molar-refractivity contribution in [3.05, 3.63) is 33.8 Å². The fourth-order valence-corrected chi connectivity index (χ4v) is 1.85. The number of nitrogens with one attached hydrogen (secondary N) is 1. The Morgan fingerprint density at radius 3 is 2.61 bits per heavy atom. The van der Waals surface area contributed by atoms with Gasteiger partial charge in [-0.05, 0) is 40.5 Å². The van der Waals surface area contributed by atoms with Crippen molar-refractivity contribution >= 4 is 34.2 Å². The first-order valence-electron chi connectivity index (χ1n) is 4.98. The van der Waals surface area contributed by atoms with Crippen molar-refractivity contribution < 1.29 is 13.6 Å². The Bertz CT molecular complexity index is 430. The van der Waals surface area contributed by atoms with Crippen molar-refractivity contribution in [2.45, 2.75) is 12.8 Å². The molecule has 0 radical (unpaired) electrons. The second-order valence-electron chi connectivity index (χ2n) is 3.73. The van der Waals surface area contributed by atoms with Gasteiger partial charge < -0.3 is 11.1 Å². The zero-order valence-corrected chi connectivity index (χ0v) is 12.1. The summed E-state index contributed by atoms with van der Waals surface area (Å²) in [6, 6.07) is 5.06. The van der Waals surface area contributed by atoms with Crippen molar-refractivity contribution in [2.24, 2.45) is 5.73 Å². The lowest BCUT2D eigenvalue weighted by molar-refractivity contribution is 0.0118. The molecule has 3 N–H and O–H groups in total. The maximum atomic E-state index is 12.8. The lowest BCUT2D eigenvalue weighted by atomic mass is 10.1. The molecule has 1 aromatic rings. The van der Waals surface area contributed by atoms with Gasteiger partial charge in [0.15, 0.2) is 0 Å². The van der Waals surface area contributed by atoms with Crippen LogP contribution in [0.15, 0.2) is 22.7 Å². The summed E-state index contributed by atoms with van der Waals surface area (Å²) in [7, 11) is 0. The number of carbonyl (C=O) groups excluding carboxylic acids is 1. The van der Waals surface area contributed by atoms with Crippen molar-refractivity contribution in [1.82, 2.24) is 5.32 Å². The number of aryl methyl sites for hydroxylation is 1. The summed E-state index contributed by atoms with van der Waals surface area (Å²) in [6.07, 6.45) is 0. The molecule has 0 fully saturated rings.